The van der Waals surface area contributed by atoms with Crippen molar-refractivity contribution in [2.24, 2.45) is 0 Å². The highest BCUT2D eigenvalue weighted by Gasteiger charge is 2.31. The van der Waals surface area contributed by atoms with Gasteiger partial charge < -0.3 is 19.9 Å². The average Bonchev–Trinajstić information content (AvgIpc) is 3.04. The number of hydrogen-bond donors (Lipinski definition) is 2. The summed E-state index contributed by atoms with van der Waals surface area (Å²) in [6.45, 7) is 5.55. The number of fused-ring (bicyclic) bond motifs is 1. The zero-order valence-electron chi connectivity index (χ0n) is 16.8. The summed E-state index contributed by atoms with van der Waals surface area (Å²) in [5, 5.41) is 16.7. The fraction of sp³-hybridized carbons (Fsp3) is 0.524. The fourth-order valence-corrected chi connectivity index (χ4v) is 3.61. The van der Waals surface area contributed by atoms with Crippen LogP contribution in [0.1, 0.15) is 52.8 Å². The summed E-state index contributed by atoms with van der Waals surface area (Å²) < 4.78 is 12.8. The predicted octanol–water partition coefficient (Wildman–Crippen LogP) is 2.02. The van der Waals surface area contributed by atoms with E-state index in [9.17, 15) is 4.79 Å². The maximum Gasteiger partial charge on any atom is 0.270 e. The van der Waals surface area contributed by atoms with Crippen molar-refractivity contribution in [3.05, 3.63) is 52.3 Å². The highest BCUT2D eigenvalue weighted by atomic mass is 16.5. The van der Waals surface area contributed by atoms with Crippen molar-refractivity contribution >= 4 is 5.91 Å². The van der Waals surface area contributed by atoms with Gasteiger partial charge in [0.15, 0.2) is 0 Å². The molecule has 0 spiro atoms. The van der Waals surface area contributed by atoms with Crippen LogP contribution >= 0.6 is 0 Å². The Hall–Kier alpha value is -2.22. The SMILES string of the molecule is COCCn1nc2c(c1C(=O)NCc1ccc(CCO)cc1)C[C@H](C)O[C@@H]2C. The van der Waals surface area contributed by atoms with Gasteiger partial charge in [0.2, 0.25) is 0 Å². The second-order valence-corrected chi connectivity index (χ2v) is 7.19. The van der Waals surface area contributed by atoms with Gasteiger partial charge in [-0.2, -0.15) is 5.10 Å². The van der Waals surface area contributed by atoms with Gasteiger partial charge in [-0.1, -0.05) is 24.3 Å². The topological polar surface area (TPSA) is 85.6 Å². The van der Waals surface area contributed by atoms with Gasteiger partial charge >= 0.3 is 0 Å². The first kappa shape index (κ1) is 20.5. The van der Waals surface area contributed by atoms with E-state index in [2.05, 4.69) is 10.4 Å². The van der Waals surface area contributed by atoms with Crippen molar-refractivity contribution in [2.45, 2.75) is 52.0 Å². The van der Waals surface area contributed by atoms with Crippen LogP contribution in [0.3, 0.4) is 0 Å². The second-order valence-electron chi connectivity index (χ2n) is 7.19. The van der Waals surface area contributed by atoms with E-state index in [1.807, 2.05) is 38.1 Å². The number of aliphatic hydroxyl groups excluding tert-OH is 1. The molecule has 7 heteroatoms. The number of carbonyl (C=O) groups excluding carboxylic acids is 1. The summed E-state index contributed by atoms with van der Waals surface area (Å²) in [6.07, 6.45) is 1.22. The number of nitrogens with zero attached hydrogens (tertiary/aromatic N) is 2. The number of carbonyl (C=O) groups is 1. The summed E-state index contributed by atoms with van der Waals surface area (Å²) in [6, 6.07) is 7.90. The average molecular weight is 387 g/mol. The monoisotopic (exact) mass is 387 g/mol. The second kappa shape index (κ2) is 9.32. The molecule has 0 saturated carbocycles. The Morgan fingerprint density at radius 3 is 2.71 bits per heavy atom. The fourth-order valence-electron chi connectivity index (χ4n) is 3.61. The molecule has 0 fully saturated rings. The van der Waals surface area contributed by atoms with E-state index in [1.54, 1.807) is 11.8 Å². The van der Waals surface area contributed by atoms with Crippen LogP contribution in [0.2, 0.25) is 0 Å². The Morgan fingerprint density at radius 2 is 2.04 bits per heavy atom. The van der Waals surface area contributed by atoms with E-state index >= 15 is 0 Å². The Bertz CT molecular complexity index is 801. The van der Waals surface area contributed by atoms with Crippen molar-refractivity contribution in [3.63, 3.8) is 0 Å². The van der Waals surface area contributed by atoms with Crippen molar-refractivity contribution in [2.75, 3.05) is 20.3 Å². The van der Waals surface area contributed by atoms with Gasteiger partial charge in [-0.05, 0) is 31.4 Å². The van der Waals surface area contributed by atoms with Crippen LogP contribution in [0.5, 0.6) is 0 Å². The van der Waals surface area contributed by atoms with Crippen molar-refractivity contribution in [1.29, 1.82) is 0 Å². The smallest absolute Gasteiger partial charge is 0.270 e. The molecule has 1 aliphatic heterocycles. The third-order valence-corrected chi connectivity index (χ3v) is 4.99. The van der Waals surface area contributed by atoms with E-state index in [4.69, 9.17) is 14.6 Å². The van der Waals surface area contributed by atoms with Gasteiger partial charge in [-0.25, -0.2) is 0 Å². The number of aromatic nitrogens is 2. The molecule has 2 heterocycles. The summed E-state index contributed by atoms with van der Waals surface area (Å²) in [5.74, 6) is -0.134. The maximum atomic E-state index is 13.0. The first-order valence-corrected chi connectivity index (χ1v) is 9.74. The molecule has 0 radical (unpaired) electrons. The van der Waals surface area contributed by atoms with Crippen LogP contribution in [-0.4, -0.2) is 47.2 Å². The highest BCUT2D eigenvalue weighted by molar-refractivity contribution is 5.94. The van der Waals surface area contributed by atoms with Gasteiger partial charge in [0.25, 0.3) is 5.91 Å². The summed E-state index contributed by atoms with van der Waals surface area (Å²) in [4.78, 5) is 13.0. The minimum Gasteiger partial charge on any atom is -0.396 e. The lowest BCUT2D eigenvalue weighted by Crippen LogP contribution is -2.29. The molecule has 28 heavy (non-hydrogen) atoms. The molecular formula is C21H29N3O4. The van der Waals surface area contributed by atoms with E-state index in [0.717, 1.165) is 22.4 Å². The zero-order chi connectivity index (χ0) is 20.1. The molecule has 0 bridgehead atoms. The number of hydrogen-bond acceptors (Lipinski definition) is 5. The Morgan fingerprint density at radius 1 is 1.32 bits per heavy atom. The van der Waals surface area contributed by atoms with E-state index in [0.29, 0.717) is 38.2 Å². The molecule has 1 aromatic heterocycles. The van der Waals surface area contributed by atoms with Gasteiger partial charge in [0.05, 0.1) is 31.1 Å². The highest BCUT2D eigenvalue weighted by Crippen LogP contribution is 2.31. The quantitative estimate of drug-likeness (QED) is 0.724. The first-order chi connectivity index (χ1) is 13.5. The summed E-state index contributed by atoms with van der Waals surface area (Å²) in [7, 11) is 1.64. The molecule has 1 amide bonds. The molecular weight excluding hydrogens is 358 g/mol. The van der Waals surface area contributed by atoms with Crippen LogP contribution in [0.25, 0.3) is 0 Å². The molecule has 2 N–H and O–H groups in total. The van der Waals surface area contributed by atoms with Crippen LogP contribution in [-0.2, 0) is 35.4 Å². The van der Waals surface area contributed by atoms with Crippen LogP contribution in [0.15, 0.2) is 24.3 Å². The molecule has 3 rings (SSSR count). The third-order valence-electron chi connectivity index (χ3n) is 4.99. The predicted molar refractivity (Wildman–Crippen MR) is 105 cm³/mol. The molecule has 0 saturated heterocycles. The molecule has 2 atom stereocenters. The molecule has 2 aromatic rings. The van der Waals surface area contributed by atoms with Crippen LogP contribution < -0.4 is 5.32 Å². The zero-order valence-corrected chi connectivity index (χ0v) is 16.8. The van der Waals surface area contributed by atoms with Gasteiger partial charge in [-0.3, -0.25) is 9.48 Å². The molecule has 0 unspecified atom stereocenters. The molecule has 1 aliphatic rings. The largest absolute Gasteiger partial charge is 0.396 e. The number of aliphatic hydroxyl groups is 1. The minimum atomic E-state index is -0.134. The standard InChI is InChI=1S/C21H29N3O4/c1-14-12-18-19(15(2)28-14)23-24(9-11-27-3)20(18)21(26)22-13-17-6-4-16(5-7-17)8-10-25/h4-7,14-15,25H,8-13H2,1-3H3,(H,22,26)/t14-,15+/m0/s1. The normalized spacial score (nSPS) is 18.7. The van der Waals surface area contributed by atoms with E-state index < -0.39 is 0 Å². The third kappa shape index (κ3) is 4.60. The number of ether oxygens (including phenoxy) is 2. The van der Waals surface area contributed by atoms with Gasteiger partial charge in [-0.15, -0.1) is 0 Å². The van der Waals surface area contributed by atoms with Crippen LogP contribution in [0.4, 0.5) is 0 Å². The number of methoxy groups -OCH3 is 1. The van der Waals surface area contributed by atoms with Crippen LogP contribution in [0, 0.1) is 0 Å². The lowest BCUT2D eigenvalue weighted by molar-refractivity contribution is -0.00716. The minimum absolute atomic E-state index is 0.0493. The Balaban J connectivity index is 1.77. The van der Waals surface area contributed by atoms with E-state index in [1.165, 1.54) is 0 Å². The van der Waals surface area contributed by atoms with Crippen molar-refractivity contribution in [3.8, 4) is 0 Å². The maximum absolute atomic E-state index is 13.0. The van der Waals surface area contributed by atoms with Crippen molar-refractivity contribution < 1.29 is 19.4 Å². The van der Waals surface area contributed by atoms with Crippen molar-refractivity contribution in [1.82, 2.24) is 15.1 Å². The number of rotatable bonds is 8. The molecule has 7 nitrogen and oxygen atoms in total. The molecule has 0 aliphatic carbocycles. The Kier molecular flexibility index (Phi) is 6.83. The Labute approximate surface area is 165 Å². The lowest BCUT2D eigenvalue weighted by Gasteiger charge is -2.24. The molecule has 1 aromatic carbocycles. The lowest BCUT2D eigenvalue weighted by atomic mass is 9.99. The molecule has 152 valence electrons. The number of amides is 1. The first-order valence-electron chi connectivity index (χ1n) is 9.74. The summed E-state index contributed by atoms with van der Waals surface area (Å²) >= 11 is 0. The number of benzene rings is 1. The number of nitrogens with one attached hydrogen (secondary N) is 1. The van der Waals surface area contributed by atoms with Gasteiger partial charge in [0, 0.05) is 32.2 Å². The summed E-state index contributed by atoms with van der Waals surface area (Å²) in [5.41, 5.74) is 4.50. The van der Waals surface area contributed by atoms with Gasteiger partial charge in [0.1, 0.15) is 5.69 Å². The van der Waals surface area contributed by atoms with E-state index in [-0.39, 0.29) is 24.7 Å².